The summed E-state index contributed by atoms with van der Waals surface area (Å²) in [5, 5.41) is 3.11. The number of hydrogen-bond donors (Lipinski definition) is 2. The first-order valence-corrected chi connectivity index (χ1v) is 7.22. The van der Waals surface area contributed by atoms with Crippen LogP contribution < -0.4 is 11.1 Å². The van der Waals surface area contributed by atoms with Gasteiger partial charge in [0.15, 0.2) is 0 Å². The number of hydrogen-bond acceptors (Lipinski definition) is 2. The summed E-state index contributed by atoms with van der Waals surface area (Å²) in [6.07, 6.45) is 3.81. The quantitative estimate of drug-likeness (QED) is 0.880. The van der Waals surface area contributed by atoms with Gasteiger partial charge in [-0.2, -0.15) is 0 Å². The van der Waals surface area contributed by atoms with Crippen molar-refractivity contribution in [3.63, 3.8) is 0 Å². The zero-order chi connectivity index (χ0) is 13.0. The molecule has 1 aromatic rings. The van der Waals surface area contributed by atoms with Gasteiger partial charge < -0.3 is 11.1 Å². The Balaban J connectivity index is 0.00000180. The topological polar surface area (TPSA) is 55.1 Å². The van der Waals surface area contributed by atoms with Crippen molar-refractivity contribution in [2.24, 2.45) is 11.7 Å². The summed E-state index contributed by atoms with van der Waals surface area (Å²) in [6, 6.07) is 8.14. The van der Waals surface area contributed by atoms with Gasteiger partial charge in [0.2, 0.25) is 5.91 Å². The lowest BCUT2D eigenvalue weighted by molar-refractivity contribution is -0.121. The summed E-state index contributed by atoms with van der Waals surface area (Å²) < 4.78 is 1.01. The zero-order valence-electron chi connectivity index (χ0n) is 10.8. The van der Waals surface area contributed by atoms with E-state index < -0.39 is 0 Å². The van der Waals surface area contributed by atoms with Crippen molar-refractivity contribution >= 4 is 34.2 Å². The van der Waals surface area contributed by atoms with Crippen LogP contribution in [-0.4, -0.2) is 18.5 Å². The smallest absolute Gasteiger partial charge is 0.224 e. The third kappa shape index (κ3) is 4.79. The Morgan fingerprint density at radius 1 is 1.42 bits per heavy atom. The molecule has 1 fully saturated rings. The molecule has 3 N–H and O–H groups in total. The Bertz CT molecular complexity index is 428. The van der Waals surface area contributed by atoms with Crippen molar-refractivity contribution in [1.29, 1.82) is 0 Å². The molecule has 1 aromatic carbocycles. The number of carbonyl (C=O) groups is 1. The Kier molecular flexibility index (Phi) is 6.83. The summed E-state index contributed by atoms with van der Waals surface area (Å²) in [7, 11) is 0. The highest BCUT2D eigenvalue weighted by Gasteiger charge is 2.27. The van der Waals surface area contributed by atoms with Gasteiger partial charge in [-0.3, -0.25) is 4.79 Å². The maximum atomic E-state index is 12.0. The number of rotatable bonds is 4. The van der Waals surface area contributed by atoms with Gasteiger partial charge >= 0.3 is 0 Å². The van der Waals surface area contributed by atoms with Crippen molar-refractivity contribution in [1.82, 2.24) is 5.32 Å². The van der Waals surface area contributed by atoms with Crippen LogP contribution in [-0.2, 0) is 11.2 Å². The van der Waals surface area contributed by atoms with Crippen molar-refractivity contribution < 1.29 is 4.79 Å². The van der Waals surface area contributed by atoms with Crippen LogP contribution in [0.15, 0.2) is 28.7 Å². The molecular weight excluding hydrogens is 328 g/mol. The maximum absolute atomic E-state index is 12.0. The lowest BCUT2D eigenvalue weighted by atomic mass is 10.0. The first kappa shape index (κ1) is 16.5. The van der Waals surface area contributed by atoms with Crippen molar-refractivity contribution in [3.8, 4) is 0 Å². The summed E-state index contributed by atoms with van der Waals surface area (Å²) in [6.45, 7) is 0.668. The average molecular weight is 348 g/mol. The van der Waals surface area contributed by atoms with E-state index in [1.54, 1.807) is 0 Å². The highest BCUT2D eigenvalue weighted by molar-refractivity contribution is 9.10. The second kappa shape index (κ2) is 7.88. The molecule has 0 aliphatic heterocycles. The fourth-order valence-electron chi connectivity index (χ4n) is 2.60. The van der Waals surface area contributed by atoms with E-state index in [2.05, 4.69) is 21.2 Å². The first-order valence-electron chi connectivity index (χ1n) is 6.43. The second-order valence-corrected chi connectivity index (χ2v) is 5.82. The summed E-state index contributed by atoms with van der Waals surface area (Å²) >= 11 is 3.41. The van der Waals surface area contributed by atoms with Gasteiger partial charge in [0.05, 0.1) is 6.42 Å². The van der Waals surface area contributed by atoms with Gasteiger partial charge in [0.25, 0.3) is 0 Å². The number of carbonyl (C=O) groups excluding carboxylic acids is 1. The highest BCUT2D eigenvalue weighted by atomic mass is 79.9. The number of nitrogens with two attached hydrogens (primary N) is 1. The molecule has 2 unspecified atom stereocenters. The normalized spacial score (nSPS) is 21.8. The highest BCUT2D eigenvalue weighted by Crippen LogP contribution is 2.24. The average Bonchev–Trinajstić information content (AvgIpc) is 2.76. The lowest BCUT2D eigenvalue weighted by Crippen LogP contribution is -2.40. The van der Waals surface area contributed by atoms with Gasteiger partial charge in [0, 0.05) is 10.5 Å². The third-order valence-corrected chi connectivity index (χ3v) is 4.06. The number of benzene rings is 1. The van der Waals surface area contributed by atoms with E-state index in [1.807, 2.05) is 24.3 Å². The van der Waals surface area contributed by atoms with E-state index >= 15 is 0 Å². The summed E-state index contributed by atoms with van der Waals surface area (Å²) in [4.78, 5) is 12.0. The fraction of sp³-hybridized carbons (Fsp3) is 0.500. The SMILES string of the molecule is Cl.NCC1CCCC1NC(=O)Cc1cccc(Br)c1. The molecule has 2 rings (SSSR count). The van der Waals surface area contributed by atoms with Gasteiger partial charge in [-0.25, -0.2) is 0 Å². The van der Waals surface area contributed by atoms with Crippen LogP contribution in [0.4, 0.5) is 0 Å². The van der Waals surface area contributed by atoms with E-state index in [9.17, 15) is 4.79 Å². The molecule has 1 aliphatic carbocycles. The molecule has 1 amide bonds. The van der Waals surface area contributed by atoms with Crippen LogP contribution in [0, 0.1) is 5.92 Å². The molecule has 1 saturated carbocycles. The van der Waals surface area contributed by atoms with Crippen LogP contribution in [0.25, 0.3) is 0 Å². The molecular formula is C14H20BrClN2O. The monoisotopic (exact) mass is 346 g/mol. The minimum Gasteiger partial charge on any atom is -0.353 e. The standard InChI is InChI=1S/C14H19BrN2O.ClH/c15-12-5-1-3-10(7-12)8-14(18)17-13-6-2-4-11(13)9-16;/h1,3,5,7,11,13H,2,4,6,8-9,16H2,(H,17,18);1H. The maximum Gasteiger partial charge on any atom is 0.224 e. The predicted molar refractivity (Wildman–Crippen MR) is 83.4 cm³/mol. The van der Waals surface area contributed by atoms with Crippen LogP contribution >= 0.6 is 28.3 Å². The van der Waals surface area contributed by atoms with Crippen LogP contribution in [0.5, 0.6) is 0 Å². The second-order valence-electron chi connectivity index (χ2n) is 4.91. The first-order chi connectivity index (χ1) is 8.69. The van der Waals surface area contributed by atoms with E-state index in [0.29, 0.717) is 18.9 Å². The van der Waals surface area contributed by atoms with Crippen molar-refractivity contribution in [2.45, 2.75) is 31.7 Å². The number of amides is 1. The molecule has 0 radical (unpaired) electrons. The molecule has 0 aromatic heterocycles. The molecule has 0 saturated heterocycles. The Morgan fingerprint density at radius 3 is 2.89 bits per heavy atom. The van der Waals surface area contributed by atoms with Gasteiger partial charge in [-0.05, 0) is 43.0 Å². The molecule has 5 heteroatoms. The van der Waals surface area contributed by atoms with E-state index in [0.717, 1.165) is 22.9 Å². The lowest BCUT2D eigenvalue weighted by Gasteiger charge is -2.19. The molecule has 0 spiro atoms. The molecule has 3 nitrogen and oxygen atoms in total. The van der Waals surface area contributed by atoms with E-state index in [-0.39, 0.29) is 24.4 Å². The molecule has 0 bridgehead atoms. The molecule has 106 valence electrons. The Morgan fingerprint density at radius 2 is 2.21 bits per heavy atom. The minimum absolute atomic E-state index is 0. The predicted octanol–water partition coefficient (Wildman–Crippen LogP) is 2.66. The van der Waals surface area contributed by atoms with Gasteiger partial charge in [0.1, 0.15) is 0 Å². The summed E-state index contributed by atoms with van der Waals surface area (Å²) in [5.41, 5.74) is 6.75. The Labute approximate surface area is 128 Å². The molecule has 1 aliphatic rings. The number of halogens is 2. The third-order valence-electron chi connectivity index (χ3n) is 3.56. The van der Waals surface area contributed by atoms with E-state index in [4.69, 9.17) is 5.73 Å². The van der Waals surface area contributed by atoms with Crippen molar-refractivity contribution in [2.75, 3.05) is 6.54 Å². The largest absolute Gasteiger partial charge is 0.353 e. The molecule has 0 heterocycles. The van der Waals surface area contributed by atoms with Gasteiger partial charge in [-0.1, -0.05) is 34.5 Å². The molecule has 19 heavy (non-hydrogen) atoms. The zero-order valence-corrected chi connectivity index (χ0v) is 13.2. The molecule has 2 atom stereocenters. The Hall–Kier alpha value is -0.580. The van der Waals surface area contributed by atoms with E-state index in [1.165, 1.54) is 6.42 Å². The summed E-state index contributed by atoms with van der Waals surface area (Å²) in [5.74, 6) is 0.551. The van der Waals surface area contributed by atoms with Crippen LogP contribution in [0.1, 0.15) is 24.8 Å². The number of nitrogens with one attached hydrogen (secondary N) is 1. The van der Waals surface area contributed by atoms with Crippen LogP contribution in [0.3, 0.4) is 0 Å². The minimum atomic E-state index is 0. The van der Waals surface area contributed by atoms with Crippen molar-refractivity contribution in [3.05, 3.63) is 34.3 Å². The van der Waals surface area contributed by atoms with Crippen LogP contribution in [0.2, 0.25) is 0 Å². The fourth-order valence-corrected chi connectivity index (χ4v) is 3.05. The van der Waals surface area contributed by atoms with Gasteiger partial charge in [-0.15, -0.1) is 12.4 Å².